The van der Waals surface area contributed by atoms with Crippen molar-refractivity contribution in [3.63, 3.8) is 0 Å². The molecule has 172 valence electrons. The standard InChI is InChI=1S/C21H32N4O6/c1-12-4-5-15-13(2)18(27-9-8-25-11-16(23-24-25)17(26)10-22)28-19-21(15)14(12)6-7-20(3,29-19)30-31-21/h11-15,18-19H,4-10,22H2,1-3H3/t12-,13-,14?,15?,18?,19?,20+,21?/m1/s1. The van der Waals surface area contributed by atoms with E-state index in [2.05, 4.69) is 24.2 Å². The molecule has 31 heavy (non-hydrogen) atoms. The van der Waals surface area contributed by atoms with Crippen LogP contribution in [-0.4, -0.2) is 57.9 Å². The van der Waals surface area contributed by atoms with Gasteiger partial charge in [-0.1, -0.05) is 19.1 Å². The fraction of sp³-hybridized carbons (Fsp3) is 0.857. The first-order valence-electron chi connectivity index (χ1n) is 11.3. The minimum absolute atomic E-state index is 0.0858. The Morgan fingerprint density at radius 2 is 2.13 bits per heavy atom. The van der Waals surface area contributed by atoms with Crippen LogP contribution in [0, 0.1) is 23.7 Å². The Morgan fingerprint density at radius 1 is 1.29 bits per heavy atom. The van der Waals surface area contributed by atoms with Crippen LogP contribution in [0.15, 0.2) is 6.20 Å². The number of carbonyl (C=O) groups is 1. The van der Waals surface area contributed by atoms with Gasteiger partial charge in [0.05, 0.1) is 25.9 Å². The summed E-state index contributed by atoms with van der Waals surface area (Å²) in [6.45, 7) is 7.11. The van der Waals surface area contributed by atoms with Crippen LogP contribution < -0.4 is 5.73 Å². The molecule has 5 unspecified atom stereocenters. The molecule has 2 bridgehead atoms. The third kappa shape index (κ3) is 3.44. The molecule has 0 radical (unpaired) electrons. The maximum Gasteiger partial charge on any atom is 0.201 e. The van der Waals surface area contributed by atoms with Gasteiger partial charge in [-0.15, -0.1) is 5.10 Å². The summed E-state index contributed by atoms with van der Waals surface area (Å²) in [6.07, 6.45) is 4.61. The van der Waals surface area contributed by atoms with Crippen molar-refractivity contribution in [1.82, 2.24) is 15.0 Å². The van der Waals surface area contributed by atoms with E-state index in [9.17, 15) is 4.79 Å². The van der Waals surface area contributed by atoms with Gasteiger partial charge in [-0.05, 0) is 38.0 Å². The maximum absolute atomic E-state index is 11.6. The van der Waals surface area contributed by atoms with Gasteiger partial charge in [0.25, 0.3) is 0 Å². The Morgan fingerprint density at radius 3 is 2.94 bits per heavy atom. The lowest BCUT2D eigenvalue weighted by molar-refractivity contribution is -0.577. The third-order valence-electron chi connectivity index (χ3n) is 7.71. The fourth-order valence-electron chi connectivity index (χ4n) is 5.97. The minimum atomic E-state index is -0.796. The number of ketones is 1. The van der Waals surface area contributed by atoms with Gasteiger partial charge in [0.2, 0.25) is 5.79 Å². The molecular formula is C21H32N4O6. The molecule has 1 saturated carbocycles. The second-order valence-corrected chi connectivity index (χ2v) is 9.64. The zero-order chi connectivity index (χ0) is 21.8. The zero-order valence-corrected chi connectivity index (χ0v) is 18.4. The van der Waals surface area contributed by atoms with E-state index in [4.69, 9.17) is 29.7 Å². The summed E-state index contributed by atoms with van der Waals surface area (Å²) in [5.41, 5.74) is 5.06. The molecule has 0 aromatic carbocycles. The number of ether oxygens (including phenoxy) is 3. The molecule has 2 N–H and O–H groups in total. The van der Waals surface area contributed by atoms with E-state index in [-0.39, 0.29) is 29.9 Å². The number of hydrogen-bond acceptors (Lipinski definition) is 9. The van der Waals surface area contributed by atoms with E-state index in [1.165, 1.54) is 0 Å². The molecule has 1 aromatic heterocycles. The van der Waals surface area contributed by atoms with Gasteiger partial charge in [-0.25, -0.2) is 14.5 Å². The van der Waals surface area contributed by atoms with Crippen LogP contribution in [0.4, 0.5) is 0 Å². The van der Waals surface area contributed by atoms with Gasteiger partial charge in [0.15, 0.2) is 24.0 Å². The zero-order valence-electron chi connectivity index (χ0n) is 18.4. The lowest BCUT2D eigenvalue weighted by Crippen LogP contribution is -2.70. The van der Waals surface area contributed by atoms with Crippen LogP contribution in [0.5, 0.6) is 0 Å². The predicted octanol–water partition coefficient (Wildman–Crippen LogP) is 1.64. The van der Waals surface area contributed by atoms with E-state index in [0.717, 1.165) is 25.7 Å². The smallest absolute Gasteiger partial charge is 0.201 e. The van der Waals surface area contributed by atoms with Crippen LogP contribution in [0.2, 0.25) is 0 Å². The number of aromatic nitrogens is 3. The fourth-order valence-corrected chi connectivity index (χ4v) is 5.97. The Balaban J connectivity index is 1.29. The van der Waals surface area contributed by atoms with Crippen molar-refractivity contribution in [2.75, 3.05) is 13.2 Å². The van der Waals surface area contributed by atoms with Crippen molar-refractivity contribution in [3.8, 4) is 0 Å². The summed E-state index contributed by atoms with van der Waals surface area (Å²) >= 11 is 0. The average molecular weight is 437 g/mol. The first-order chi connectivity index (χ1) is 14.9. The number of fused-ring (bicyclic) bond motifs is 2. The molecule has 5 aliphatic rings. The number of Topliss-reactive ketones (excluding diaryl/α,β-unsaturated/α-hetero) is 1. The molecule has 6 rings (SSSR count). The van der Waals surface area contributed by atoms with Crippen LogP contribution in [-0.2, 0) is 30.5 Å². The normalized spacial score (nSPS) is 44.0. The van der Waals surface area contributed by atoms with Gasteiger partial charge in [-0.2, -0.15) is 0 Å². The molecule has 0 amide bonds. The average Bonchev–Trinajstić information content (AvgIpc) is 3.11. The lowest BCUT2D eigenvalue weighted by atomic mass is 9.58. The Kier molecular flexibility index (Phi) is 5.43. The summed E-state index contributed by atoms with van der Waals surface area (Å²) < 4.78 is 20.5. The number of nitrogens with zero attached hydrogens (tertiary/aromatic N) is 3. The third-order valence-corrected chi connectivity index (χ3v) is 7.71. The predicted molar refractivity (Wildman–Crippen MR) is 106 cm³/mol. The number of carbonyl (C=O) groups excluding carboxylic acids is 1. The molecule has 1 spiro atoms. The molecular weight excluding hydrogens is 404 g/mol. The molecule has 10 heteroatoms. The van der Waals surface area contributed by atoms with Crippen molar-refractivity contribution in [3.05, 3.63) is 11.9 Å². The quantitative estimate of drug-likeness (QED) is 0.524. The number of hydrogen-bond donors (Lipinski definition) is 1. The second kappa shape index (κ2) is 7.86. The van der Waals surface area contributed by atoms with Crippen LogP contribution in [0.1, 0.15) is 56.9 Å². The van der Waals surface area contributed by atoms with Gasteiger partial charge < -0.3 is 19.9 Å². The van der Waals surface area contributed by atoms with E-state index >= 15 is 0 Å². The van der Waals surface area contributed by atoms with Crippen molar-refractivity contribution in [2.45, 2.75) is 77.0 Å². The van der Waals surface area contributed by atoms with Crippen LogP contribution >= 0.6 is 0 Å². The van der Waals surface area contributed by atoms with Gasteiger partial charge in [-0.3, -0.25) is 4.79 Å². The molecule has 8 atom stereocenters. The van der Waals surface area contributed by atoms with Crippen molar-refractivity contribution in [1.29, 1.82) is 0 Å². The van der Waals surface area contributed by atoms with Crippen molar-refractivity contribution < 1.29 is 28.8 Å². The summed E-state index contributed by atoms with van der Waals surface area (Å²) in [5.74, 6) is 0.162. The maximum atomic E-state index is 11.6. The first-order valence-corrected chi connectivity index (χ1v) is 11.3. The minimum Gasteiger partial charge on any atom is -0.350 e. The number of rotatable bonds is 6. The summed E-state index contributed by atoms with van der Waals surface area (Å²) in [5, 5.41) is 7.83. The summed E-state index contributed by atoms with van der Waals surface area (Å²) in [7, 11) is 0. The van der Waals surface area contributed by atoms with Gasteiger partial charge >= 0.3 is 0 Å². The highest BCUT2D eigenvalue weighted by Crippen LogP contribution is 2.60. The van der Waals surface area contributed by atoms with Crippen LogP contribution in [0.3, 0.4) is 0 Å². The van der Waals surface area contributed by atoms with Crippen molar-refractivity contribution >= 4 is 5.78 Å². The van der Waals surface area contributed by atoms with Crippen LogP contribution in [0.25, 0.3) is 0 Å². The molecule has 4 aliphatic heterocycles. The summed E-state index contributed by atoms with van der Waals surface area (Å²) in [6, 6.07) is 0. The monoisotopic (exact) mass is 436 g/mol. The topological polar surface area (TPSA) is 120 Å². The summed E-state index contributed by atoms with van der Waals surface area (Å²) in [4.78, 5) is 23.6. The Labute approximate surface area is 181 Å². The highest BCUT2D eigenvalue weighted by atomic mass is 17.3. The van der Waals surface area contributed by atoms with E-state index in [0.29, 0.717) is 25.0 Å². The molecule has 4 saturated heterocycles. The SMILES string of the molecule is C[C@H]1C(OCCn2cc(C(=O)CN)nn2)OC2O[C@]3(C)CCC4[C@H](C)CCC1C24OO3. The van der Waals surface area contributed by atoms with E-state index < -0.39 is 24.0 Å². The second-order valence-electron chi connectivity index (χ2n) is 9.64. The van der Waals surface area contributed by atoms with Gasteiger partial charge in [0, 0.05) is 18.3 Å². The number of nitrogens with two attached hydrogens (primary N) is 1. The Bertz CT molecular complexity index is 835. The molecule has 1 aromatic rings. The molecule has 10 nitrogen and oxygen atoms in total. The first kappa shape index (κ1) is 21.4. The molecule has 5 heterocycles. The van der Waals surface area contributed by atoms with E-state index in [1.807, 2.05) is 6.92 Å². The molecule has 5 fully saturated rings. The Hall–Kier alpha value is -1.43. The van der Waals surface area contributed by atoms with Crippen molar-refractivity contribution in [2.24, 2.45) is 29.4 Å². The highest BCUT2D eigenvalue weighted by molar-refractivity contribution is 5.95. The highest BCUT2D eigenvalue weighted by Gasteiger charge is 2.69. The molecule has 1 aliphatic carbocycles. The lowest BCUT2D eigenvalue weighted by Gasteiger charge is -2.60. The van der Waals surface area contributed by atoms with E-state index in [1.54, 1.807) is 10.9 Å². The largest absolute Gasteiger partial charge is 0.350 e. The van der Waals surface area contributed by atoms with Gasteiger partial charge in [0.1, 0.15) is 5.69 Å².